The molecule has 3 saturated heterocycles. The second-order valence-electron chi connectivity index (χ2n) is 7.68. The van der Waals surface area contributed by atoms with Crippen LogP contribution in [-0.2, 0) is 20.8 Å². The highest BCUT2D eigenvalue weighted by atomic mass is 16.5. The molecule has 132 valence electrons. The van der Waals surface area contributed by atoms with Crippen LogP contribution in [0.1, 0.15) is 18.4 Å². The molecular weight excluding hydrogens is 304 g/mol. The minimum atomic E-state index is 0.188. The number of aromatic nitrogens is 1. The van der Waals surface area contributed by atoms with Gasteiger partial charge in [-0.05, 0) is 30.4 Å². The van der Waals surface area contributed by atoms with E-state index in [4.69, 9.17) is 14.2 Å². The van der Waals surface area contributed by atoms with Gasteiger partial charge in [-0.3, -0.25) is 9.88 Å². The van der Waals surface area contributed by atoms with Gasteiger partial charge >= 0.3 is 0 Å². The minimum Gasteiger partial charge on any atom is -0.381 e. The Morgan fingerprint density at radius 3 is 3.04 bits per heavy atom. The van der Waals surface area contributed by atoms with Crippen molar-refractivity contribution in [2.75, 3.05) is 52.7 Å². The number of pyridine rings is 1. The zero-order valence-corrected chi connectivity index (χ0v) is 14.4. The fraction of sp³-hybridized carbons (Fsp3) is 0.737. The lowest BCUT2D eigenvalue weighted by molar-refractivity contribution is -0.0157. The third-order valence-electron chi connectivity index (χ3n) is 5.80. The molecule has 0 radical (unpaired) electrons. The molecular formula is C19H28N2O3. The Balaban J connectivity index is 1.31. The first-order valence-corrected chi connectivity index (χ1v) is 9.19. The molecule has 0 spiro atoms. The minimum absolute atomic E-state index is 0.188. The highest BCUT2D eigenvalue weighted by molar-refractivity contribution is 5.10. The number of hydrogen-bond donors (Lipinski definition) is 0. The third-order valence-corrected chi connectivity index (χ3v) is 5.80. The Morgan fingerprint density at radius 2 is 2.21 bits per heavy atom. The van der Waals surface area contributed by atoms with Gasteiger partial charge in [0.15, 0.2) is 0 Å². The summed E-state index contributed by atoms with van der Waals surface area (Å²) in [5.41, 5.74) is 1.48. The summed E-state index contributed by atoms with van der Waals surface area (Å²) in [6.07, 6.45) is 6.08. The van der Waals surface area contributed by atoms with Crippen molar-refractivity contribution in [3.8, 4) is 0 Å². The Hall–Kier alpha value is -1.01. The number of rotatable bonds is 6. The van der Waals surface area contributed by atoms with Gasteiger partial charge in [-0.2, -0.15) is 0 Å². The number of ether oxygens (including phenoxy) is 3. The topological polar surface area (TPSA) is 43.8 Å². The van der Waals surface area contributed by atoms with Crippen LogP contribution in [0.25, 0.3) is 0 Å². The average Bonchev–Trinajstić information content (AvgIpc) is 3.13. The first-order valence-electron chi connectivity index (χ1n) is 9.19. The average molecular weight is 332 g/mol. The molecule has 24 heavy (non-hydrogen) atoms. The van der Waals surface area contributed by atoms with E-state index in [1.807, 2.05) is 18.5 Å². The van der Waals surface area contributed by atoms with Crippen LogP contribution in [0.3, 0.4) is 0 Å². The van der Waals surface area contributed by atoms with Crippen LogP contribution in [0.15, 0.2) is 24.5 Å². The first kappa shape index (κ1) is 16.5. The predicted molar refractivity (Wildman–Crippen MR) is 90.6 cm³/mol. The van der Waals surface area contributed by atoms with Crippen molar-refractivity contribution >= 4 is 0 Å². The Labute approximate surface area is 144 Å². The van der Waals surface area contributed by atoms with Crippen LogP contribution in [0.4, 0.5) is 0 Å². The molecule has 0 saturated carbocycles. The van der Waals surface area contributed by atoms with Gasteiger partial charge in [0, 0.05) is 63.2 Å². The number of fused-ring (bicyclic) bond motifs is 1. The molecule has 3 aliphatic heterocycles. The highest BCUT2D eigenvalue weighted by Crippen LogP contribution is 2.42. The zero-order valence-electron chi connectivity index (χ0n) is 14.4. The highest BCUT2D eigenvalue weighted by Gasteiger charge is 2.50. The van der Waals surface area contributed by atoms with Crippen molar-refractivity contribution in [1.82, 2.24) is 9.88 Å². The molecule has 1 aromatic rings. The second kappa shape index (κ2) is 7.48. The third kappa shape index (κ3) is 3.64. The lowest BCUT2D eigenvalue weighted by Crippen LogP contribution is -2.36. The predicted octanol–water partition coefficient (Wildman–Crippen LogP) is 1.97. The second-order valence-corrected chi connectivity index (χ2v) is 7.68. The lowest BCUT2D eigenvalue weighted by Gasteiger charge is -2.29. The van der Waals surface area contributed by atoms with Crippen molar-refractivity contribution < 1.29 is 14.2 Å². The molecule has 0 aromatic carbocycles. The van der Waals surface area contributed by atoms with Gasteiger partial charge in [0.25, 0.3) is 0 Å². The van der Waals surface area contributed by atoms with E-state index in [1.54, 1.807) is 0 Å². The van der Waals surface area contributed by atoms with E-state index >= 15 is 0 Å². The summed E-state index contributed by atoms with van der Waals surface area (Å²) in [6, 6.07) is 4.17. The summed E-state index contributed by atoms with van der Waals surface area (Å²) in [7, 11) is 0. The summed E-state index contributed by atoms with van der Waals surface area (Å²) in [6.45, 7) is 8.37. The van der Waals surface area contributed by atoms with E-state index in [0.717, 1.165) is 72.1 Å². The van der Waals surface area contributed by atoms with Crippen molar-refractivity contribution in [3.63, 3.8) is 0 Å². The molecule has 4 rings (SSSR count). The van der Waals surface area contributed by atoms with Gasteiger partial charge in [-0.15, -0.1) is 0 Å². The van der Waals surface area contributed by atoms with Crippen LogP contribution in [-0.4, -0.2) is 62.6 Å². The van der Waals surface area contributed by atoms with Crippen LogP contribution in [0.2, 0.25) is 0 Å². The molecule has 3 aliphatic rings. The fourth-order valence-electron chi connectivity index (χ4n) is 4.36. The summed E-state index contributed by atoms with van der Waals surface area (Å²) in [5, 5.41) is 0. The first-order chi connectivity index (χ1) is 11.8. The van der Waals surface area contributed by atoms with E-state index in [0.29, 0.717) is 11.8 Å². The van der Waals surface area contributed by atoms with Crippen molar-refractivity contribution in [2.45, 2.75) is 19.4 Å². The summed E-state index contributed by atoms with van der Waals surface area (Å²) >= 11 is 0. The Kier molecular flexibility index (Phi) is 5.13. The van der Waals surface area contributed by atoms with Gasteiger partial charge in [0.2, 0.25) is 0 Å². The smallest absolute Gasteiger partial charge is 0.0561 e. The normalized spacial score (nSPS) is 31.4. The van der Waals surface area contributed by atoms with E-state index in [-0.39, 0.29) is 5.41 Å². The zero-order chi connectivity index (χ0) is 16.2. The molecule has 0 amide bonds. The van der Waals surface area contributed by atoms with Crippen LogP contribution >= 0.6 is 0 Å². The quantitative estimate of drug-likeness (QED) is 0.797. The molecule has 0 bridgehead atoms. The number of nitrogens with zero attached hydrogens (tertiary/aromatic N) is 2. The number of hydrogen-bond acceptors (Lipinski definition) is 5. The van der Waals surface area contributed by atoms with Gasteiger partial charge in [-0.25, -0.2) is 0 Å². The van der Waals surface area contributed by atoms with E-state index < -0.39 is 0 Å². The molecule has 4 heterocycles. The number of likely N-dealkylation sites (tertiary alicyclic amines) is 1. The summed E-state index contributed by atoms with van der Waals surface area (Å²) in [5.74, 6) is 1.27. The Morgan fingerprint density at radius 1 is 1.29 bits per heavy atom. The van der Waals surface area contributed by atoms with E-state index in [1.165, 1.54) is 5.56 Å². The van der Waals surface area contributed by atoms with Crippen LogP contribution in [0, 0.1) is 17.3 Å². The SMILES string of the molecule is c1cncc(CN2C[C@H]3COC[C@@]3(COCC3CCOCC3)C2)c1. The van der Waals surface area contributed by atoms with Crippen LogP contribution < -0.4 is 0 Å². The van der Waals surface area contributed by atoms with Gasteiger partial charge in [0.05, 0.1) is 19.8 Å². The van der Waals surface area contributed by atoms with Gasteiger partial charge < -0.3 is 14.2 Å². The summed E-state index contributed by atoms with van der Waals surface area (Å²) in [4.78, 5) is 6.78. The van der Waals surface area contributed by atoms with Crippen molar-refractivity contribution in [3.05, 3.63) is 30.1 Å². The van der Waals surface area contributed by atoms with Gasteiger partial charge in [-0.1, -0.05) is 6.07 Å². The maximum Gasteiger partial charge on any atom is 0.0561 e. The molecule has 2 atom stereocenters. The van der Waals surface area contributed by atoms with Crippen molar-refractivity contribution in [1.29, 1.82) is 0 Å². The standard InChI is InChI=1S/C19H28N2O3/c1-2-17(8-20-5-1)9-21-10-18-12-24-15-19(18,13-21)14-23-11-16-3-6-22-7-4-16/h1-2,5,8,16,18H,3-4,6-7,9-15H2/t18-,19-/m0/s1. The van der Waals surface area contributed by atoms with E-state index in [9.17, 15) is 0 Å². The molecule has 5 heteroatoms. The molecule has 1 aromatic heterocycles. The maximum atomic E-state index is 6.19. The van der Waals surface area contributed by atoms with Crippen LogP contribution in [0.5, 0.6) is 0 Å². The molecule has 3 fully saturated rings. The molecule has 0 unspecified atom stereocenters. The van der Waals surface area contributed by atoms with Crippen molar-refractivity contribution in [2.24, 2.45) is 17.3 Å². The van der Waals surface area contributed by atoms with E-state index in [2.05, 4.69) is 16.0 Å². The fourth-order valence-corrected chi connectivity index (χ4v) is 4.36. The monoisotopic (exact) mass is 332 g/mol. The molecule has 0 N–H and O–H groups in total. The van der Waals surface area contributed by atoms with Gasteiger partial charge in [0.1, 0.15) is 0 Å². The molecule has 0 aliphatic carbocycles. The lowest BCUT2D eigenvalue weighted by atomic mass is 9.82. The molecule has 5 nitrogen and oxygen atoms in total. The maximum absolute atomic E-state index is 6.19. The Bertz CT molecular complexity index is 521. The summed E-state index contributed by atoms with van der Waals surface area (Å²) < 4.78 is 17.4. The largest absolute Gasteiger partial charge is 0.381 e.